The van der Waals surface area contributed by atoms with Gasteiger partial charge in [-0.3, -0.25) is 16.0 Å². The Hall–Kier alpha value is -2.74. The molecule has 0 fully saturated rings. The molecule has 0 spiro atoms. The quantitative estimate of drug-likeness (QED) is 0.457. The molecule has 0 aliphatic carbocycles. The number of anilines is 3. The van der Waals surface area contributed by atoms with E-state index in [2.05, 4.69) is 10.7 Å². The van der Waals surface area contributed by atoms with Crippen LogP contribution in [0.1, 0.15) is 5.56 Å². The minimum Gasteiger partial charge on any atom is -0.350 e. The largest absolute Gasteiger partial charge is 0.350 e. The Morgan fingerprint density at radius 1 is 1.19 bits per heavy atom. The van der Waals surface area contributed by atoms with Gasteiger partial charge in [-0.1, -0.05) is 6.07 Å². The van der Waals surface area contributed by atoms with Crippen LogP contribution in [0, 0.1) is 28.7 Å². The highest BCUT2D eigenvalue weighted by molar-refractivity contribution is 5.69. The third-order valence-electron chi connectivity index (χ3n) is 2.85. The summed E-state index contributed by atoms with van der Waals surface area (Å²) in [6, 6.07) is 6.17. The van der Waals surface area contributed by atoms with E-state index in [1.807, 2.05) is 0 Å². The number of non-ortho nitro benzene ring substituents is 1. The Labute approximate surface area is 118 Å². The normalized spacial score (nSPS) is 10.3. The standard InChI is InChI=1S/C13H12F2N4O2/c1-7-2-3-11(14)13(12(7)15)17-8-4-9(18-16)6-10(5-8)19(20)21/h2-6,17-18H,16H2,1H3. The molecule has 0 saturated heterocycles. The number of nitrogens with zero attached hydrogens (tertiary/aromatic N) is 1. The zero-order valence-electron chi connectivity index (χ0n) is 11.0. The summed E-state index contributed by atoms with van der Waals surface area (Å²) in [6.07, 6.45) is 0. The predicted molar refractivity (Wildman–Crippen MR) is 75.3 cm³/mol. The Bertz CT molecular complexity index is 707. The summed E-state index contributed by atoms with van der Waals surface area (Å²) in [5.41, 5.74) is 2.25. The molecular formula is C13H12F2N4O2. The Morgan fingerprint density at radius 2 is 1.86 bits per heavy atom. The first-order valence-corrected chi connectivity index (χ1v) is 5.90. The van der Waals surface area contributed by atoms with Gasteiger partial charge < -0.3 is 10.7 Å². The van der Waals surface area contributed by atoms with Crippen LogP contribution in [0.4, 0.5) is 31.5 Å². The van der Waals surface area contributed by atoms with Crippen molar-refractivity contribution >= 4 is 22.7 Å². The topological polar surface area (TPSA) is 93.2 Å². The van der Waals surface area contributed by atoms with Crippen molar-refractivity contribution in [2.75, 3.05) is 10.7 Å². The van der Waals surface area contributed by atoms with E-state index in [1.54, 1.807) is 0 Å². The van der Waals surface area contributed by atoms with E-state index < -0.39 is 16.6 Å². The van der Waals surface area contributed by atoms with Crippen molar-refractivity contribution in [3.63, 3.8) is 0 Å². The van der Waals surface area contributed by atoms with E-state index in [0.29, 0.717) is 0 Å². The van der Waals surface area contributed by atoms with Crippen molar-refractivity contribution < 1.29 is 13.7 Å². The second kappa shape index (κ2) is 5.71. The van der Waals surface area contributed by atoms with Crippen molar-refractivity contribution in [2.24, 2.45) is 5.84 Å². The Kier molecular flexibility index (Phi) is 3.99. The van der Waals surface area contributed by atoms with E-state index in [-0.39, 0.29) is 28.3 Å². The van der Waals surface area contributed by atoms with Gasteiger partial charge in [-0.25, -0.2) is 8.78 Å². The maximum absolute atomic E-state index is 13.9. The molecule has 8 heteroatoms. The summed E-state index contributed by atoms with van der Waals surface area (Å²) in [6.45, 7) is 1.49. The molecule has 110 valence electrons. The lowest BCUT2D eigenvalue weighted by atomic mass is 10.2. The third kappa shape index (κ3) is 3.06. The Morgan fingerprint density at radius 3 is 2.48 bits per heavy atom. The molecular weight excluding hydrogens is 282 g/mol. The van der Waals surface area contributed by atoms with Gasteiger partial charge in [0.15, 0.2) is 5.82 Å². The number of nitrogens with one attached hydrogen (secondary N) is 2. The second-order valence-corrected chi connectivity index (χ2v) is 4.35. The van der Waals surface area contributed by atoms with Crippen LogP contribution in [-0.2, 0) is 0 Å². The average Bonchev–Trinajstić information content (AvgIpc) is 2.47. The van der Waals surface area contributed by atoms with Crippen LogP contribution in [0.25, 0.3) is 0 Å². The number of aryl methyl sites for hydroxylation is 1. The molecule has 0 aromatic heterocycles. The number of benzene rings is 2. The predicted octanol–water partition coefficient (Wildman–Crippen LogP) is 3.21. The van der Waals surface area contributed by atoms with Crippen LogP contribution in [0.3, 0.4) is 0 Å². The molecule has 0 bridgehead atoms. The highest BCUT2D eigenvalue weighted by Crippen LogP contribution is 2.29. The lowest BCUT2D eigenvalue weighted by Gasteiger charge is -2.11. The molecule has 0 atom stereocenters. The molecule has 21 heavy (non-hydrogen) atoms. The first-order chi connectivity index (χ1) is 9.92. The second-order valence-electron chi connectivity index (χ2n) is 4.35. The number of nitrogen functional groups attached to an aromatic ring is 1. The van der Waals surface area contributed by atoms with Crippen LogP contribution in [-0.4, -0.2) is 4.92 Å². The molecule has 2 aromatic rings. The highest BCUT2D eigenvalue weighted by Gasteiger charge is 2.14. The van der Waals surface area contributed by atoms with Crippen LogP contribution in [0.5, 0.6) is 0 Å². The number of halogens is 2. The van der Waals surface area contributed by atoms with E-state index in [1.165, 1.54) is 25.1 Å². The van der Waals surface area contributed by atoms with Gasteiger partial charge in [0.25, 0.3) is 5.69 Å². The third-order valence-corrected chi connectivity index (χ3v) is 2.85. The Balaban J connectivity index is 2.47. The van der Waals surface area contributed by atoms with Crippen molar-refractivity contribution in [1.29, 1.82) is 0 Å². The van der Waals surface area contributed by atoms with Crippen molar-refractivity contribution in [3.05, 3.63) is 57.6 Å². The summed E-state index contributed by atoms with van der Waals surface area (Å²) < 4.78 is 27.6. The fourth-order valence-corrected chi connectivity index (χ4v) is 1.79. The molecule has 0 saturated carbocycles. The van der Waals surface area contributed by atoms with E-state index in [9.17, 15) is 18.9 Å². The van der Waals surface area contributed by atoms with Gasteiger partial charge in [-0.15, -0.1) is 0 Å². The van der Waals surface area contributed by atoms with E-state index in [0.717, 1.165) is 12.1 Å². The number of nitro groups is 1. The lowest BCUT2D eigenvalue weighted by Crippen LogP contribution is -2.08. The van der Waals surface area contributed by atoms with Gasteiger partial charge in [0.1, 0.15) is 11.5 Å². The van der Waals surface area contributed by atoms with Gasteiger partial charge in [-0.2, -0.15) is 0 Å². The van der Waals surface area contributed by atoms with Gasteiger partial charge in [-0.05, 0) is 24.6 Å². The average molecular weight is 294 g/mol. The number of hydrazine groups is 1. The number of rotatable bonds is 4. The van der Waals surface area contributed by atoms with Gasteiger partial charge in [0.05, 0.1) is 10.6 Å². The first-order valence-electron chi connectivity index (χ1n) is 5.90. The zero-order chi connectivity index (χ0) is 15.6. The highest BCUT2D eigenvalue weighted by atomic mass is 19.1. The molecule has 0 aliphatic rings. The summed E-state index contributed by atoms with van der Waals surface area (Å²) in [5, 5.41) is 13.3. The molecule has 0 amide bonds. The molecule has 4 N–H and O–H groups in total. The summed E-state index contributed by atoms with van der Waals surface area (Å²) in [7, 11) is 0. The van der Waals surface area contributed by atoms with Gasteiger partial charge in [0.2, 0.25) is 0 Å². The van der Waals surface area contributed by atoms with Crippen molar-refractivity contribution in [2.45, 2.75) is 6.92 Å². The summed E-state index contributed by atoms with van der Waals surface area (Å²) in [4.78, 5) is 10.2. The smallest absolute Gasteiger partial charge is 0.273 e. The van der Waals surface area contributed by atoms with E-state index in [4.69, 9.17) is 5.84 Å². The van der Waals surface area contributed by atoms with Crippen molar-refractivity contribution in [3.8, 4) is 0 Å². The number of hydrogen-bond donors (Lipinski definition) is 3. The lowest BCUT2D eigenvalue weighted by molar-refractivity contribution is -0.384. The minimum absolute atomic E-state index is 0.139. The van der Waals surface area contributed by atoms with Gasteiger partial charge in [0, 0.05) is 17.8 Å². The SMILES string of the molecule is Cc1ccc(F)c(Nc2cc(NN)cc([N+](=O)[O-])c2)c1F. The number of nitro benzene ring substituents is 1. The van der Waals surface area contributed by atoms with Gasteiger partial charge >= 0.3 is 0 Å². The van der Waals surface area contributed by atoms with Crippen molar-refractivity contribution in [1.82, 2.24) is 0 Å². The monoisotopic (exact) mass is 294 g/mol. The summed E-state index contributed by atoms with van der Waals surface area (Å²) in [5.74, 6) is 3.66. The first kappa shape index (κ1) is 14.7. The molecule has 0 unspecified atom stereocenters. The fraction of sp³-hybridized carbons (Fsp3) is 0.0769. The maximum atomic E-state index is 13.9. The van der Waals surface area contributed by atoms with Crippen LogP contribution in [0.2, 0.25) is 0 Å². The molecule has 0 radical (unpaired) electrons. The number of hydrogen-bond acceptors (Lipinski definition) is 5. The fourth-order valence-electron chi connectivity index (χ4n) is 1.79. The van der Waals surface area contributed by atoms with Crippen LogP contribution >= 0.6 is 0 Å². The number of nitrogens with two attached hydrogens (primary N) is 1. The molecule has 2 aromatic carbocycles. The zero-order valence-corrected chi connectivity index (χ0v) is 11.0. The molecule has 2 rings (SSSR count). The van der Waals surface area contributed by atoms with E-state index >= 15 is 0 Å². The molecule has 0 aliphatic heterocycles. The summed E-state index contributed by atoms with van der Waals surface area (Å²) >= 11 is 0. The maximum Gasteiger partial charge on any atom is 0.273 e. The van der Waals surface area contributed by atoms with Crippen LogP contribution in [0.15, 0.2) is 30.3 Å². The molecule has 6 nitrogen and oxygen atoms in total. The molecule has 0 heterocycles. The van der Waals surface area contributed by atoms with Crippen LogP contribution < -0.4 is 16.6 Å². The minimum atomic E-state index is -0.799.